The van der Waals surface area contributed by atoms with Crippen LogP contribution in [0.2, 0.25) is 0 Å². The van der Waals surface area contributed by atoms with Gasteiger partial charge in [0, 0.05) is 51.4 Å². The quantitative estimate of drug-likeness (QED) is 0.358. The first kappa shape index (κ1) is 39.7. The Morgan fingerprint density at radius 1 is 0.889 bits per heavy atom. The zero-order valence-electron chi connectivity index (χ0n) is 31.3. The molecule has 3 atom stereocenters. The summed E-state index contributed by atoms with van der Waals surface area (Å²) in [6.45, 7) is 5.67. The van der Waals surface area contributed by atoms with Crippen LogP contribution in [-0.4, -0.2) is 95.8 Å². The average molecular weight is 744 g/mol. The Hall–Kier alpha value is -5.46. The maximum Gasteiger partial charge on any atom is 0.255 e. The monoisotopic (exact) mass is 743 g/mol. The summed E-state index contributed by atoms with van der Waals surface area (Å²) in [6, 6.07) is 20.0. The van der Waals surface area contributed by atoms with Crippen molar-refractivity contribution in [1.29, 1.82) is 0 Å². The molecule has 2 aliphatic heterocycles. The van der Waals surface area contributed by atoms with E-state index in [-0.39, 0.29) is 60.9 Å². The van der Waals surface area contributed by atoms with Crippen LogP contribution in [0.15, 0.2) is 78.9 Å². The van der Waals surface area contributed by atoms with E-state index in [1.165, 1.54) is 6.07 Å². The van der Waals surface area contributed by atoms with Crippen LogP contribution in [0.3, 0.4) is 0 Å². The summed E-state index contributed by atoms with van der Waals surface area (Å²) in [5.41, 5.74) is 0.168. The molecular weight excluding hydrogens is 693 g/mol. The number of fused-ring (bicyclic) bond motifs is 1. The van der Waals surface area contributed by atoms with Gasteiger partial charge in [-0.25, -0.2) is 4.39 Å². The number of likely N-dealkylation sites (tertiary alicyclic amines) is 1. The van der Waals surface area contributed by atoms with Crippen LogP contribution >= 0.6 is 0 Å². The van der Waals surface area contributed by atoms with Gasteiger partial charge in [0.15, 0.2) is 11.6 Å². The molecule has 0 bridgehead atoms. The first-order valence-corrected chi connectivity index (χ1v) is 18.4. The third kappa shape index (κ3) is 10.8. The number of nitrogens with zero attached hydrogens (tertiary/aromatic N) is 2. The highest BCUT2D eigenvalue weighted by atomic mass is 19.1. The molecule has 0 radical (unpaired) electrons. The van der Waals surface area contributed by atoms with Crippen molar-refractivity contribution in [1.82, 2.24) is 25.8 Å². The number of benzene rings is 3. The minimum absolute atomic E-state index is 0.0111. The number of rotatable bonds is 5. The molecule has 54 heavy (non-hydrogen) atoms. The maximum atomic E-state index is 14.2. The lowest BCUT2D eigenvalue weighted by molar-refractivity contribution is -0.137. The van der Waals surface area contributed by atoms with E-state index in [0.717, 1.165) is 5.56 Å². The van der Waals surface area contributed by atoms with E-state index in [0.29, 0.717) is 32.4 Å². The summed E-state index contributed by atoms with van der Waals surface area (Å²) in [5.74, 6) is -2.13. The zero-order valence-corrected chi connectivity index (χ0v) is 31.3. The lowest BCUT2D eigenvalue weighted by Crippen LogP contribution is -2.53. The topological polar surface area (TPSA) is 146 Å². The maximum absolute atomic E-state index is 14.2. The second-order valence-corrected chi connectivity index (χ2v) is 14.6. The van der Waals surface area contributed by atoms with Crippen LogP contribution in [0.1, 0.15) is 68.8 Å². The van der Waals surface area contributed by atoms with Crippen LogP contribution in [0, 0.1) is 5.82 Å². The summed E-state index contributed by atoms with van der Waals surface area (Å²) in [6.07, 6.45) is 0.815. The molecule has 3 aromatic rings. The molecule has 12 nitrogen and oxygen atoms in total. The van der Waals surface area contributed by atoms with Crippen LogP contribution in [-0.2, 0) is 25.6 Å². The van der Waals surface area contributed by atoms with Crippen molar-refractivity contribution in [3.05, 3.63) is 95.8 Å². The molecule has 0 spiro atoms. The summed E-state index contributed by atoms with van der Waals surface area (Å²) < 4.78 is 26.4. The van der Waals surface area contributed by atoms with Gasteiger partial charge in [0.05, 0.1) is 11.6 Å². The molecule has 288 valence electrons. The van der Waals surface area contributed by atoms with Gasteiger partial charge in [0.25, 0.3) is 5.91 Å². The number of halogens is 1. The van der Waals surface area contributed by atoms with E-state index < -0.39 is 47.2 Å². The number of hydrogen-bond acceptors (Lipinski definition) is 7. The Morgan fingerprint density at radius 3 is 2.28 bits per heavy atom. The lowest BCUT2D eigenvalue weighted by Gasteiger charge is -2.34. The van der Waals surface area contributed by atoms with Crippen LogP contribution in [0.5, 0.6) is 11.5 Å². The van der Waals surface area contributed by atoms with E-state index in [1.54, 1.807) is 80.1 Å². The molecule has 3 N–H and O–H groups in total. The van der Waals surface area contributed by atoms with E-state index in [4.69, 9.17) is 9.47 Å². The van der Waals surface area contributed by atoms with Crippen molar-refractivity contribution < 1.29 is 37.8 Å². The van der Waals surface area contributed by atoms with Crippen molar-refractivity contribution in [3.8, 4) is 11.5 Å². The summed E-state index contributed by atoms with van der Waals surface area (Å²) in [5, 5.41) is 8.51. The predicted octanol–water partition coefficient (Wildman–Crippen LogP) is 4.03. The molecule has 5 rings (SSSR count). The summed E-state index contributed by atoms with van der Waals surface area (Å²) in [4.78, 5) is 71.2. The van der Waals surface area contributed by atoms with E-state index >= 15 is 0 Å². The highest BCUT2D eigenvalue weighted by molar-refractivity contribution is 6.00. The van der Waals surface area contributed by atoms with Crippen molar-refractivity contribution in [2.75, 3.05) is 26.7 Å². The Balaban J connectivity index is 1.38. The first-order valence-electron chi connectivity index (χ1n) is 18.4. The number of amides is 5. The Bertz CT molecular complexity index is 1800. The predicted molar refractivity (Wildman–Crippen MR) is 200 cm³/mol. The molecule has 1 fully saturated rings. The fourth-order valence-corrected chi connectivity index (χ4v) is 6.79. The summed E-state index contributed by atoms with van der Waals surface area (Å²) >= 11 is 0. The molecule has 5 amide bonds. The standard InChI is InChI=1S/C41H50FN5O7/c1-27-39(51)46(4)29(24-28-12-6-5-7-13-28)26-53-34-16-10-8-14-31(34)38(50)44-33(18-19-36(48)45-41(2,3)25-37(49)43-27)40(52)47-22-20-30(21-23-47)54-35-17-11-9-15-32(35)42/h5-17,27,29-30,33H,18-26H2,1-4H3,(H,43,49)(H,44,50)(H,45,48)/t27-,29-,33-/m0/s1. The molecule has 0 aliphatic carbocycles. The van der Waals surface area contributed by atoms with Gasteiger partial charge in [-0.3, -0.25) is 24.0 Å². The largest absolute Gasteiger partial charge is 0.491 e. The molecule has 1 saturated heterocycles. The van der Waals surface area contributed by atoms with Gasteiger partial charge in [0.2, 0.25) is 23.6 Å². The van der Waals surface area contributed by atoms with E-state index in [9.17, 15) is 28.4 Å². The zero-order chi connectivity index (χ0) is 38.8. The van der Waals surface area contributed by atoms with E-state index in [1.807, 2.05) is 30.3 Å². The molecule has 0 aromatic heterocycles. The van der Waals surface area contributed by atoms with Gasteiger partial charge in [-0.1, -0.05) is 54.6 Å². The van der Waals surface area contributed by atoms with Gasteiger partial charge in [0.1, 0.15) is 30.5 Å². The van der Waals surface area contributed by atoms with Crippen LogP contribution in [0.4, 0.5) is 4.39 Å². The summed E-state index contributed by atoms with van der Waals surface area (Å²) in [7, 11) is 1.65. The number of likely N-dealkylation sites (N-methyl/N-ethyl adjacent to an activating group) is 1. The number of carbonyl (C=O) groups is 5. The fraction of sp³-hybridized carbons (Fsp3) is 0.439. The highest BCUT2D eigenvalue weighted by Crippen LogP contribution is 2.24. The molecule has 0 saturated carbocycles. The molecule has 3 aromatic carbocycles. The third-order valence-electron chi connectivity index (χ3n) is 9.75. The number of carbonyl (C=O) groups excluding carboxylic acids is 5. The smallest absolute Gasteiger partial charge is 0.255 e. The minimum atomic E-state index is -1.07. The molecule has 2 aliphatic rings. The van der Waals surface area contributed by atoms with Gasteiger partial charge >= 0.3 is 0 Å². The second-order valence-electron chi connectivity index (χ2n) is 14.6. The lowest BCUT2D eigenvalue weighted by atomic mass is 9.98. The highest BCUT2D eigenvalue weighted by Gasteiger charge is 2.33. The molecule has 0 unspecified atom stereocenters. The molecule has 13 heteroatoms. The minimum Gasteiger partial charge on any atom is -0.491 e. The van der Waals surface area contributed by atoms with Gasteiger partial charge in [-0.05, 0) is 63.4 Å². The van der Waals surface area contributed by atoms with Crippen LogP contribution in [0.25, 0.3) is 0 Å². The number of para-hydroxylation sites is 2. The van der Waals surface area contributed by atoms with Crippen molar-refractivity contribution in [2.24, 2.45) is 0 Å². The molecule has 2 heterocycles. The average Bonchev–Trinajstić information content (AvgIpc) is 3.15. The normalized spacial score (nSPS) is 22.3. The van der Waals surface area contributed by atoms with E-state index in [2.05, 4.69) is 16.0 Å². The number of piperidine rings is 1. The number of hydrogen-bond donors (Lipinski definition) is 3. The SMILES string of the molecule is C[C@@H]1NC(=O)CC(C)(C)NC(=O)CC[C@@H](C(=O)N2CCC(Oc3ccccc3F)CC2)NC(=O)c2ccccc2OC[C@H](Cc2ccccc2)N(C)C1=O. The third-order valence-corrected chi connectivity index (χ3v) is 9.75. The van der Waals surface area contributed by atoms with Gasteiger partial charge < -0.3 is 35.2 Å². The Labute approximate surface area is 315 Å². The van der Waals surface area contributed by atoms with Crippen molar-refractivity contribution >= 4 is 29.5 Å². The Kier molecular flexibility index (Phi) is 13.3. The number of nitrogens with one attached hydrogen (secondary N) is 3. The fourth-order valence-electron chi connectivity index (χ4n) is 6.79. The Morgan fingerprint density at radius 2 is 1.56 bits per heavy atom. The van der Waals surface area contributed by atoms with Crippen LogP contribution < -0.4 is 25.4 Å². The molecular formula is C41H50FN5O7. The first-order chi connectivity index (χ1) is 25.8. The van der Waals surface area contributed by atoms with Gasteiger partial charge in [-0.15, -0.1) is 0 Å². The number of ether oxygens (including phenoxy) is 2. The second kappa shape index (κ2) is 18.0. The van der Waals surface area contributed by atoms with Crippen molar-refractivity contribution in [3.63, 3.8) is 0 Å². The van der Waals surface area contributed by atoms with Gasteiger partial charge in [-0.2, -0.15) is 0 Å². The van der Waals surface area contributed by atoms with Crippen molar-refractivity contribution in [2.45, 2.75) is 89.1 Å².